The van der Waals surface area contributed by atoms with E-state index in [1.165, 1.54) is 0 Å². The van der Waals surface area contributed by atoms with Gasteiger partial charge in [0.1, 0.15) is 6.61 Å². The van der Waals surface area contributed by atoms with Gasteiger partial charge in [0.05, 0.1) is 24.8 Å². The fourth-order valence-electron chi connectivity index (χ4n) is 1.97. The van der Waals surface area contributed by atoms with Gasteiger partial charge >= 0.3 is 0 Å². The van der Waals surface area contributed by atoms with Crippen molar-refractivity contribution in [3.8, 4) is 17.6 Å². The second-order valence-electron chi connectivity index (χ2n) is 4.64. The van der Waals surface area contributed by atoms with E-state index < -0.39 is 6.10 Å². The van der Waals surface area contributed by atoms with Crippen molar-refractivity contribution in [1.29, 1.82) is 5.26 Å². The Kier molecular flexibility index (Phi) is 4.81. The van der Waals surface area contributed by atoms with Gasteiger partial charge in [-0.1, -0.05) is 24.3 Å². The van der Waals surface area contributed by atoms with Crippen LogP contribution in [0, 0.1) is 11.3 Å². The van der Waals surface area contributed by atoms with Gasteiger partial charge in [-0.3, -0.25) is 0 Å². The van der Waals surface area contributed by atoms with E-state index in [0.29, 0.717) is 17.1 Å². The molecule has 0 aromatic heterocycles. The molecule has 2 aromatic rings. The zero-order valence-electron chi connectivity index (χ0n) is 12.0. The summed E-state index contributed by atoms with van der Waals surface area (Å²) in [7, 11) is 1.55. The van der Waals surface area contributed by atoms with Gasteiger partial charge in [0, 0.05) is 5.56 Å². The van der Waals surface area contributed by atoms with E-state index in [-0.39, 0.29) is 6.61 Å². The highest BCUT2D eigenvalue weighted by Gasteiger charge is 2.10. The van der Waals surface area contributed by atoms with Crippen LogP contribution in [0.2, 0.25) is 0 Å². The molecule has 0 amide bonds. The lowest BCUT2D eigenvalue weighted by Crippen LogP contribution is -2.01. The minimum atomic E-state index is -0.563. The second kappa shape index (κ2) is 6.78. The topological polar surface area (TPSA) is 62.5 Å². The van der Waals surface area contributed by atoms with E-state index in [0.717, 1.165) is 11.1 Å². The Morgan fingerprint density at radius 2 is 1.95 bits per heavy atom. The fourth-order valence-corrected chi connectivity index (χ4v) is 1.97. The smallest absolute Gasteiger partial charge is 0.161 e. The Morgan fingerprint density at radius 1 is 1.19 bits per heavy atom. The maximum Gasteiger partial charge on any atom is 0.161 e. The summed E-state index contributed by atoms with van der Waals surface area (Å²) in [6.45, 7) is 1.98. The maximum atomic E-state index is 9.58. The molecule has 0 radical (unpaired) electrons. The summed E-state index contributed by atoms with van der Waals surface area (Å²) in [5, 5.41) is 18.6. The largest absolute Gasteiger partial charge is 0.493 e. The Balaban J connectivity index is 2.18. The standard InChI is InChI=1S/C17H17NO3/c1-12(19)13-7-8-16(17(9-13)20-2)21-11-15-6-4-3-5-14(15)10-18/h3-9,12,19H,11H2,1-2H3. The number of aliphatic hydroxyl groups is 1. The lowest BCUT2D eigenvalue weighted by Gasteiger charge is -2.13. The van der Waals surface area contributed by atoms with E-state index in [2.05, 4.69) is 6.07 Å². The number of aliphatic hydroxyl groups excluding tert-OH is 1. The molecule has 0 aliphatic heterocycles. The summed E-state index contributed by atoms with van der Waals surface area (Å²) in [5.74, 6) is 1.14. The van der Waals surface area contributed by atoms with Crippen LogP contribution in [0.5, 0.6) is 11.5 Å². The molecule has 0 fully saturated rings. The zero-order valence-corrected chi connectivity index (χ0v) is 12.0. The van der Waals surface area contributed by atoms with Crippen molar-refractivity contribution in [2.75, 3.05) is 7.11 Å². The molecule has 0 bridgehead atoms. The molecule has 0 saturated heterocycles. The molecule has 1 unspecified atom stereocenters. The Hall–Kier alpha value is -2.51. The summed E-state index contributed by atoms with van der Waals surface area (Å²) >= 11 is 0. The third-order valence-electron chi connectivity index (χ3n) is 3.19. The number of hydrogen-bond donors (Lipinski definition) is 1. The monoisotopic (exact) mass is 283 g/mol. The van der Waals surface area contributed by atoms with Crippen LogP contribution in [0.3, 0.4) is 0 Å². The molecule has 1 N–H and O–H groups in total. The predicted molar refractivity (Wildman–Crippen MR) is 79.1 cm³/mol. The number of rotatable bonds is 5. The number of nitrogens with zero attached hydrogens (tertiary/aromatic N) is 1. The zero-order chi connectivity index (χ0) is 15.2. The minimum Gasteiger partial charge on any atom is -0.493 e. The van der Waals surface area contributed by atoms with Crippen LogP contribution in [0.4, 0.5) is 0 Å². The van der Waals surface area contributed by atoms with Crippen LogP contribution in [-0.2, 0) is 6.61 Å². The number of nitriles is 1. The summed E-state index contributed by atoms with van der Waals surface area (Å²) in [6, 6.07) is 14.7. The molecule has 21 heavy (non-hydrogen) atoms. The third kappa shape index (κ3) is 3.53. The number of benzene rings is 2. The van der Waals surface area contributed by atoms with Crippen molar-refractivity contribution in [1.82, 2.24) is 0 Å². The maximum absolute atomic E-state index is 9.58. The highest BCUT2D eigenvalue weighted by molar-refractivity contribution is 5.44. The molecule has 2 aromatic carbocycles. The molecule has 1 atom stereocenters. The van der Waals surface area contributed by atoms with Crippen LogP contribution in [0.1, 0.15) is 29.7 Å². The Morgan fingerprint density at radius 3 is 2.62 bits per heavy atom. The quantitative estimate of drug-likeness (QED) is 0.915. The van der Waals surface area contributed by atoms with Crippen molar-refractivity contribution in [2.45, 2.75) is 19.6 Å². The third-order valence-corrected chi connectivity index (χ3v) is 3.19. The molecule has 4 nitrogen and oxygen atoms in total. The van der Waals surface area contributed by atoms with Crippen molar-refractivity contribution >= 4 is 0 Å². The molecular formula is C17H17NO3. The first-order valence-corrected chi connectivity index (χ1v) is 6.62. The fraction of sp³-hybridized carbons (Fsp3) is 0.235. The van der Waals surface area contributed by atoms with E-state index in [4.69, 9.17) is 14.7 Å². The van der Waals surface area contributed by atoms with Crippen LogP contribution < -0.4 is 9.47 Å². The van der Waals surface area contributed by atoms with Crippen LogP contribution in [0.15, 0.2) is 42.5 Å². The molecule has 2 rings (SSSR count). The summed E-state index contributed by atoms with van der Waals surface area (Å²) < 4.78 is 11.0. The summed E-state index contributed by atoms with van der Waals surface area (Å²) in [5.41, 5.74) is 2.18. The average Bonchev–Trinajstić information content (AvgIpc) is 2.52. The number of ether oxygens (including phenoxy) is 2. The lowest BCUT2D eigenvalue weighted by atomic mass is 10.1. The normalized spacial score (nSPS) is 11.5. The van der Waals surface area contributed by atoms with Crippen molar-refractivity contribution < 1.29 is 14.6 Å². The van der Waals surface area contributed by atoms with Gasteiger partial charge in [-0.05, 0) is 30.7 Å². The highest BCUT2D eigenvalue weighted by atomic mass is 16.5. The second-order valence-corrected chi connectivity index (χ2v) is 4.64. The molecule has 108 valence electrons. The van der Waals surface area contributed by atoms with Gasteiger partial charge in [-0.25, -0.2) is 0 Å². The molecule has 0 saturated carbocycles. The van der Waals surface area contributed by atoms with Crippen molar-refractivity contribution in [3.63, 3.8) is 0 Å². The van der Waals surface area contributed by atoms with Gasteiger partial charge in [-0.2, -0.15) is 5.26 Å². The first-order chi connectivity index (χ1) is 10.2. The van der Waals surface area contributed by atoms with Crippen molar-refractivity contribution in [2.24, 2.45) is 0 Å². The molecule has 0 spiro atoms. The van der Waals surface area contributed by atoms with Crippen LogP contribution in [-0.4, -0.2) is 12.2 Å². The molecule has 0 aliphatic rings. The van der Waals surface area contributed by atoms with E-state index in [9.17, 15) is 5.11 Å². The first kappa shape index (κ1) is 14.9. The lowest BCUT2D eigenvalue weighted by molar-refractivity contribution is 0.198. The minimum absolute atomic E-state index is 0.286. The van der Waals surface area contributed by atoms with Crippen LogP contribution >= 0.6 is 0 Å². The summed E-state index contributed by atoms with van der Waals surface area (Å²) in [6.07, 6.45) is -0.563. The van der Waals surface area contributed by atoms with Gasteiger partial charge in [0.2, 0.25) is 0 Å². The SMILES string of the molecule is COc1cc(C(C)O)ccc1OCc1ccccc1C#N. The molecule has 0 aliphatic carbocycles. The predicted octanol–water partition coefficient (Wildman–Crippen LogP) is 3.20. The van der Waals surface area contributed by atoms with Crippen molar-refractivity contribution in [3.05, 3.63) is 59.2 Å². The number of hydrogen-bond acceptors (Lipinski definition) is 4. The van der Waals surface area contributed by atoms with Gasteiger partial charge in [0.25, 0.3) is 0 Å². The first-order valence-electron chi connectivity index (χ1n) is 6.62. The van der Waals surface area contributed by atoms with Crippen LogP contribution in [0.25, 0.3) is 0 Å². The van der Waals surface area contributed by atoms with Gasteiger partial charge < -0.3 is 14.6 Å². The van der Waals surface area contributed by atoms with Gasteiger partial charge in [0.15, 0.2) is 11.5 Å². The van der Waals surface area contributed by atoms with E-state index in [1.54, 1.807) is 38.3 Å². The van der Waals surface area contributed by atoms with E-state index >= 15 is 0 Å². The Labute approximate surface area is 124 Å². The van der Waals surface area contributed by atoms with E-state index in [1.807, 2.05) is 18.2 Å². The number of methoxy groups -OCH3 is 1. The molecular weight excluding hydrogens is 266 g/mol. The molecule has 4 heteroatoms. The average molecular weight is 283 g/mol. The Bertz CT molecular complexity index is 659. The summed E-state index contributed by atoms with van der Waals surface area (Å²) in [4.78, 5) is 0. The molecule has 0 heterocycles. The van der Waals surface area contributed by atoms with Gasteiger partial charge in [-0.15, -0.1) is 0 Å². The highest BCUT2D eigenvalue weighted by Crippen LogP contribution is 2.31.